The number of carbonyl (C=O) groups is 1. The first-order valence-corrected chi connectivity index (χ1v) is 9.67. The zero-order chi connectivity index (χ0) is 18.2. The Bertz CT molecular complexity index is 634. The SMILES string of the molecule is Cc1nc2c(n1CC1(O)CCC(C(=O)OC(C)(C)C)CC1)CCCC2. The summed E-state index contributed by atoms with van der Waals surface area (Å²) < 4.78 is 7.73. The number of aromatic nitrogens is 2. The van der Waals surface area contributed by atoms with Gasteiger partial charge < -0.3 is 14.4 Å². The van der Waals surface area contributed by atoms with Crippen LogP contribution in [0.15, 0.2) is 0 Å². The Morgan fingerprint density at radius 3 is 2.56 bits per heavy atom. The molecule has 1 aromatic heterocycles. The smallest absolute Gasteiger partial charge is 0.309 e. The Hall–Kier alpha value is -1.36. The van der Waals surface area contributed by atoms with Crippen LogP contribution >= 0.6 is 0 Å². The fourth-order valence-corrected chi connectivity index (χ4v) is 4.17. The largest absolute Gasteiger partial charge is 0.460 e. The van der Waals surface area contributed by atoms with Crippen LogP contribution in [0.5, 0.6) is 0 Å². The normalized spacial score (nSPS) is 27.0. The zero-order valence-corrected chi connectivity index (χ0v) is 16.1. The predicted molar refractivity (Wildman–Crippen MR) is 96.4 cm³/mol. The highest BCUT2D eigenvalue weighted by Crippen LogP contribution is 2.36. The van der Waals surface area contributed by atoms with E-state index in [1.165, 1.54) is 24.2 Å². The van der Waals surface area contributed by atoms with Gasteiger partial charge in [0, 0.05) is 5.69 Å². The average molecular weight is 348 g/mol. The van der Waals surface area contributed by atoms with Gasteiger partial charge in [0.2, 0.25) is 0 Å². The van der Waals surface area contributed by atoms with Gasteiger partial charge in [-0.3, -0.25) is 4.79 Å². The lowest BCUT2D eigenvalue weighted by molar-refractivity contribution is -0.163. The van der Waals surface area contributed by atoms with Crippen LogP contribution in [0.1, 0.15) is 76.5 Å². The second-order valence-corrected chi connectivity index (χ2v) is 8.88. The summed E-state index contributed by atoms with van der Waals surface area (Å²) in [6.07, 6.45) is 7.22. The fraction of sp³-hybridized carbons (Fsp3) is 0.800. The molecule has 0 unspecified atom stereocenters. The predicted octanol–water partition coefficient (Wildman–Crippen LogP) is 3.33. The van der Waals surface area contributed by atoms with Gasteiger partial charge in [0.25, 0.3) is 0 Å². The van der Waals surface area contributed by atoms with Crippen molar-refractivity contribution in [1.29, 1.82) is 0 Å². The van der Waals surface area contributed by atoms with E-state index in [0.717, 1.165) is 18.7 Å². The van der Waals surface area contributed by atoms with E-state index in [-0.39, 0.29) is 11.9 Å². The Labute approximate surface area is 150 Å². The maximum atomic E-state index is 12.3. The quantitative estimate of drug-likeness (QED) is 0.851. The number of esters is 1. The van der Waals surface area contributed by atoms with Gasteiger partial charge in [0.1, 0.15) is 11.4 Å². The Morgan fingerprint density at radius 1 is 1.28 bits per heavy atom. The first-order chi connectivity index (χ1) is 11.7. The number of ether oxygens (including phenoxy) is 1. The van der Waals surface area contributed by atoms with Crippen LogP contribution in [0.3, 0.4) is 0 Å². The summed E-state index contributed by atoms with van der Waals surface area (Å²) in [7, 11) is 0. The van der Waals surface area contributed by atoms with Crippen molar-refractivity contribution in [1.82, 2.24) is 9.55 Å². The molecule has 5 heteroatoms. The maximum Gasteiger partial charge on any atom is 0.309 e. The van der Waals surface area contributed by atoms with Crippen LogP contribution in [0, 0.1) is 12.8 Å². The molecule has 0 radical (unpaired) electrons. The number of aliphatic hydroxyl groups is 1. The third kappa shape index (κ3) is 4.25. The molecule has 1 saturated carbocycles. The Morgan fingerprint density at radius 2 is 1.92 bits per heavy atom. The number of carbonyl (C=O) groups excluding carboxylic acids is 1. The summed E-state index contributed by atoms with van der Waals surface area (Å²) in [5.41, 5.74) is 1.34. The number of rotatable bonds is 3. The van der Waals surface area contributed by atoms with E-state index in [1.54, 1.807) is 0 Å². The van der Waals surface area contributed by atoms with Crippen LogP contribution in [0.2, 0.25) is 0 Å². The molecular formula is C20H32N2O3. The van der Waals surface area contributed by atoms with E-state index in [4.69, 9.17) is 9.72 Å². The van der Waals surface area contributed by atoms with Gasteiger partial charge in [-0.05, 0) is 79.1 Å². The molecule has 0 saturated heterocycles. The highest BCUT2D eigenvalue weighted by atomic mass is 16.6. The van der Waals surface area contributed by atoms with Crippen LogP contribution in [-0.4, -0.2) is 31.8 Å². The molecule has 5 nitrogen and oxygen atoms in total. The highest BCUT2D eigenvalue weighted by Gasteiger charge is 2.38. The number of aryl methyl sites for hydroxylation is 2. The summed E-state index contributed by atoms with van der Waals surface area (Å²) in [5, 5.41) is 11.1. The monoisotopic (exact) mass is 348 g/mol. The van der Waals surface area contributed by atoms with E-state index in [2.05, 4.69) is 4.57 Å². The molecule has 0 bridgehead atoms. The Balaban J connectivity index is 1.64. The molecule has 3 rings (SSSR count). The summed E-state index contributed by atoms with van der Waals surface area (Å²) in [5.74, 6) is 0.803. The molecule has 1 N–H and O–H groups in total. The zero-order valence-electron chi connectivity index (χ0n) is 16.1. The van der Waals surface area contributed by atoms with E-state index in [9.17, 15) is 9.90 Å². The Kier molecular flexibility index (Phi) is 4.97. The van der Waals surface area contributed by atoms with Gasteiger partial charge >= 0.3 is 5.97 Å². The van der Waals surface area contributed by atoms with Gasteiger partial charge in [-0.2, -0.15) is 0 Å². The lowest BCUT2D eigenvalue weighted by atomic mass is 9.78. The molecule has 0 aliphatic heterocycles. The van der Waals surface area contributed by atoms with Gasteiger partial charge in [-0.1, -0.05) is 0 Å². The number of nitrogens with zero attached hydrogens (tertiary/aromatic N) is 2. The van der Waals surface area contributed by atoms with E-state index >= 15 is 0 Å². The van der Waals surface area contributed by atoms with Crippen molar-refractivity contribution in [2.45, 2.75) is 96.8 Å². The van der Waals surface area contributed by atoms with Gasteiger partial charge in [0.05, 0.1) is 23.8 Å². The molecule has 1 aromatic rings. The summed E-state index contributed by atoms with van der Waals surface area (Å²) in [6.45, 7) is 8.33. The minimum atomic E-state index is -0.741. The van der Waals surface area contributed by atoms with Crippen LogP contribution < -0.4 is 0 Å². The molecular weight excluding hydrogens is 316 g/mol. The molecule has 0 amide bonds. The van der Waals surface area contributed by atoms with Crippen molar-refractivity contribution in [2.75, 3.05) is 0 Å². The topological polar surface area (TPSA) is 64.3 Å². The molecule has 2 aliphatic rings. The molecule has 0 spiro atoms. The molecule has 140 valence electrons. The molecule has 1 heterocycles. The lowest BCUT2D eigenvalue weighted by Gasteiger charge is -2.37. The standard InChI is InChI=1S/C20H32N2O3/c1-14-21-16-7-5-6-8-17(16)22(14)13-20(24)11-9-15(10-12-20)18(23)25-19(2,3)4/h15,24H,5-13H2,1-4H3. The third-order valence-electron chi connectivity index (χ3n) is 5.53. The van der Waals surface area contributed by atoms with Crippen LogP contribution in [0.25, 0.3) is 0 Å². The third-order valence-corrected chi connectivity index (χ3v) is 5.53. The van der Waals surface area contributed by atoms with E-state index < -0.39 is 11.2 Å². The number of fused-ring (bicyclic) bond motifs is 1. The summed E-state index contributed by atoms with van der Waals surface area (Å²) >= 11 is 0. The second-order valence-electron chi connectivity index (χ2n) is 8.88. The lowest BCUT2D eigenvalue weighted by Crippen LogP contribution is -2.41. The number of hydrogen-bond acceptors (Lipinski definition) is 4. The van der Waals surface area contributed by atoms with E-state index in [0.29, 0.717) is 32.2 Å². The minimum absolute atomic E-state index is 0.0858. The van der Waals surface area contributed by atoms with Crippen molar-refractivity contribution < 1.29 is 14.6 Å². The van der Waals surface area contributed by atoms with Gasteiger partial charge in [-0.25, -0.2) is 4.98 Å². The number of imidazole rings is 1. The maximum absolute atomic E-state index is 12.3. The van der Waals surface area contributed by atoms with Crippen molar-refractivity contribution >= 4 is 5.97 Å². The average Bonchev–Trinajstić information content (AvgIpc) is 2.82. The first kappa shape index (κ1) is 18.4. The fourth-order valence-electron chi connectivity index (χ4n) is 4.17. The highest BCUT2D eigenvalue weighted by molar-refractivity contribution is 5.73. The number of hydrogen-bond donors (Lipinski definition) is 1. The van der Waals surface area contributed by atoms with Crippen LogP contribution in [-0.2, 0) is 28.9 Å². The van der Waals surface area contributed by atoms with Crippen molar-refractivity contribution in [3.63, 3.8) is 0 Å². The van der Waals surface area contributed by atoms with Crippen molar-refractivity contribution in [3.05, 3.63) is 17.2 Å². The molecule has 1 fully saturated rings. The molecule has 25 heavy (non-hydrogen) atoms. The van der Waals surface area contributed by atoms with Gasteiger partial charge in [-0.15, -0.1) is 0 Å². The minimum Gasteiger partial charge on any atom is -0.460 e. The molecule has 2 aliphatic carbocycles. The van der Waals surface area contributed by atoms with Crippen LogP contribution in [0.4, 0.5) is 0 Å². The molecule has 0 atom stereocenters. The summed E-state index contributed by atoms with van der Waals surface area (Å²) in [4.78, 5) is 17.0. The van der Waals surface area contributed by atoms with Gasteiger partial charge in [0.15, 0.2) is 0 Å². The van der Waals surface area contributed by atoms with E-state index in [1.807, 2.05) is 27.7 Å². The second kappa shape index (κ2) is 6.75. The first-order valence-electron chi connectivity index (χ1n) is 9.67. The molecule has 0 aromatic carbocycles. The van der Waals surface area contributed by atoms with Crippen molar-refractivity contribution in [2.24, 2.45) is 5.92 Å². The van der Waals surface area contributed by atoms with Crippen molar-refractivity contribution in [3.8, 4) is 0 Å². The summed E-state index contributed by atoms with van der Waals surface area (Å²) in [6, 6.07) is 0.